The summed E-state index contributed by atoms with van der Waals surface area (Å²) in [7, 11) is 0. The highest BCUT2D eigenvalue weighted by Crippen LogP contribution is 2.44. The Balaban J connectivity index is 1.55. The number of para-hydroxylation sites is 2. The maximum absolute atomic E-state index is 14.4. The first-order valence-electron chi connectivity index (χ1n) is 9.48. The molecule has 8 heteroatoms. The summed E-state index contributed by atoms with van der Waals surface area (Å²) < 4.78 is 33.2. The Hall–Kier alpha value is -3.39. The van der Waals surface area contributed by atoms with Gasteiger partial charge in [0.25, 0.3) is 5.91 Å². The first-order valence-corrected chi connectivity index (χ1v) is 10.5. The van der Waals surface area contributed by atoms with Crippen molar-refractivity contribution in [3.05, 3.63) is 90.0 Å². The summed E-state index contributed by atoms with van der Waals surface area (Å²) in [4.78, 5) is 26.3. The quantitative estimate of drug-likeness (QED) is 0.601. The molecule has 1 heterocycles. The Morgan fingerprint density at radius 3 is 2.58 bits per heavy atom. The zero-order valence-electron chi connectivity index (χ0n) is 16.3. The van der Waals surface area contributed by atoms with E-state index in [0.29, 0.717) is 17.0 Å². The summed E-state index contributed by atoms with van der Waals surface area (Å²) >= 11 is 1.30. The average Bonchev–Trinajstić information content (AvgIpc) is 3.14. The topological polar surface area (TPSA) is 58.6 Å². The molecule has 1 N–H and O–H groups in total. The molecule has 1 unspecified atom stereocenters. The van der Waals surface area contributed by atoms with Crippen LogP contribution < -0.4 is 15.0 Å². The summed E-state index contributed by atoms with van der Waals surface area (Å²) in [6.45, 7) is -0.189. The van der Waals surface area contributed by atoms with Crippen LogP contribution in [0.3, 0.4) is 0 Å². The second kappa shape index (κ2) is 9.18. The molecule has 0 aromatic heterocycles. The van der Waals surface area contributed by atoms with Crippen molar-refractivity contribution >= 4 is 35.0 Å². The van der Waals surface area contributed by atoms with Gasteiger partial charge in [0, 0.05) is 17.3 Å². The molecule has 1 aliphatic rings. The molecule has 5 nitrogen and oxygen atoms in total. The Bertz CT molecular complexity index is 1110. The van der Waals surface area contributed by atoms with E-state index in [9.17, 15) is 18.4 Å². The van der Waals surface area contributed by atoms with Crippen LogP contribution in [-0.2, 0) is 9.59 Å². The highest BCUT2D eigenvalue weighted by Gasteiger charge is 2.36. The molecular formula is C23H18F2N2O3S. The van der Waals surface area contributed by atoms with E-state index in [1.807, 2.05) is 6.07 Å². The molecule has 1 fully saturated rings. The number of ether oxygens (including phenoxy) is 1. The first-order chi connectivity index (χ1) is 15.0. The molecule has 1 saturated heterocycles. The number of nitrogens with one attached hydrogen (secondary N) is 1. The molecule has 0 saturated carbocycles. The van der Waals surface area contributed by atoms with E-state index in [-0.39, 0.29) is 29.9 Å². The Kier molecular flexibility index (Phi) is 6.18. The van der Waals surface area contributed by atoms with E-state index in [2.05, 4.69) is 5.32 Å². The molecule has 3 aromatic rings. The van der Waals surface area contributed by atoms with E-state index < -0.39 is 17.0 Å². The molecule has 0 spiro atoms. The van der Waals surface area contributed by atoms with Crippen molar-refractivity contribution < 1.29 is 23.1 Å². The molecule has 31 heavy (non-hydrogen) atoms. The minimum Gasteiger partial charge on any atom is -0.484 e. The Morgan fingerprint density at radius 1 is 1.06 bits per heavy atom. The maximum Gasteiger partial charge on any atom is 0.262 e. The zero-order valence-corrected chi connectivity index (χ0v) is 17.1. The van der Waals surface area contributed by atoms with Crippen molar-refractivity contribution in [1.29, 1.82) is 0 Å². The van der Waals surface area contributed by atoms with Crippen LogP contribution in [0.2, 0.25) is 0 Å². The van der Waals surface area contributed by atoms with Gasteiger partial charge in [-0.15, -0.1) is 11.8 Å². The van der Waals surface area contributed by atoms with Crippen molar-refractivity contribution in [3.8, 4) is 5.75 Å². The number of benzene rings is 3. The molecule has 0 aliphatic carbocycles. The monoisotopic (exact) mass is 440 g/mol. The molecule has 0 bridgehead atoms. The van der Waals surface area contributed by atoms with Crippen LogP contribution in [0.15, 0.2) is 72.8 Å². The van der Waals surface area contributed by atoms with Gasteiger partial charge in [-0.25, -0.2) is 8.78 Å². The smallest absolute Gasteiger partial charge is 0.262 e. The predicted molar refractivity (Wildman–Crippen MR) is 116 cm³/mol. The van der Waals surface area contributed by atoms with Gasteiger partial charge in [-0.05, 0) is 30.3 Å². The third-order valence-corrected chi connectivity index (χ3v) is 5.85. The Morgan fingerprint density at radius 2 is 1.81 bits per heavy atom. The normalized spacial score (nSPS) is 15.7. The van der Waals surface area contributed by atoms with Crippen LogP contribution in [0.25, 0.3) is 0 Å². The number of thioether (sulfide) groups is 1. The number of hydrogen-bond acceptors (Lipinski definition) is 4. The number of anilines is 2. The first kappa shape index (κ1) is 20.9. The number of carbonyl (C=O) groups excluding carboxylic acids is 2. The van der Waals surface area contributed by atoms with Crippen LogP contribution in [0.5, 0.6) is 5.75 Å². The predicted octanol–water partition coefficient (Wildman–Crippen LogP) is 4.76. The second-order valence-corrected chi connectivity index (χ2v) is 7.83. The standard InChI is InChI=1S/C23H18F2N2O3S/c24-15-10-11-20(18(25)12-15)27-22(29)14-31-23(27)17-8-4-5-9-19(17)26-21(28)13-30-16-6-2-1-3-7-16/h1-12,23H,13-14H2,(H,26,28). The van der Waals surface area contributed by atoms with E-state index in [1.54, 1.807) is 48.5 Å². The SMILES string of the molecule is O=C(COc1ccccc1)Nc1ccccc1C1SCC(=O)N1c1ccc(F)cc1F. The van der Waals surface area contributed by atoms with Crippen molar-refractivity contribution in [2.24, 2.45) is 0 Å². The van der Waals surface area contributed by atoms with Crippen LogP contribution >= 0.6 is 11.8 Å². The summed E-state index contributed by atoms with van der Waals surface area (Å²) in [5.74, 6) is -1.50. The summed E-state index contributed by atoms with van der Waals surface area (Å²) in [6, 6.07) is 19.0. The van der Waals surface area contributed by atoms with E-state index in [4.69, 9.17) is 4.74 Å². The summed E-state index contributed by atoms with van der Waals surface area (Å²) in [6.07, 6.45) is 0. The highest BCUT2D eigenvalue weighted by atomic mass is 32.2. The van der Waals surface area contributed by atoms with Crippen LogP contribution in [-0.4, -0.2) is 24.2 Å². The fraction of sp³-hybridized carbons (Fsp3) is 0.130. The van der Waals surface area contributed by atoms with Gasteiger partial charge in [-0.3, -0.25) is 14.5 Å². The van der Waals surface area contributed by atoms with Gasteiger partial charge >= 0.3 is 0 Å². The van der Waals surface area contributed by atoms with Crippen molar-refractivity contribution in [1.82, 2.24) is 0 Å². The largest absolute Gasteiger partial charge is 0.484 e. The van der Waals surface area contributed by atoms with Crippen molar-refractivity contribution in [2.45, 2.75) is 5.37 Å². The Labute approximate surface area is 182 Å². The molecule has 4 rings (SSSR count). The fourth-order valence-electron chi connectivity index (χ4n) is 3.27. The van der Waals surface area contributed by atoms with Crippen LogP contribution in [0.1, 0.15) is 10.9 Å². The summed E-state index contributed by atoms with van der Waals surface area (Å²) in [5.41, 5.74) is 1.12. The number of hydrogen-bond donors (Lipinski definition) is 1. The minimum absolute atomic E-state index is 0.00468. The van der Waals surface area contributed by atoms with Gasteiger partial charge in [-0.2, -0.15) is 0 Å². The molecule has 1 aliphatic heterocycles. The van der Waals surface area contributed by atoms with Gasteiger partial charge in [-0.1, -0.05) is 36.4 Å². The van der Waals surface area contributed by atoms with Crippen molar-refractivity contribution in [3.63, 3.8) is 0 Å². The van der Waals surface area contributed by atoms with Crippen molar-refractivity contribution in [2.75, 3.05) is 22.6 Å². The summed E-state index contributed by atoms with van der Waals surface area (Å²) in [5, 5.41) is 2.23. The number of rotatable bonds is 6. The molecule has 0 radical (unpaired) electrons. The molecule has 2 amide bonds. The third kappa shape index (κ3) is 4.69. The minimum atomic E-state index is -0.821. The molecule has 1 atom stereocenters. The van der Waals surface area contributed by atoms with Crippen LogP contribution in [0, 0.1) is 11.6 Å². The lowest BCUT2D eigenvalue weighted by atomic mass is 10.1. The van der Waals surface area contributed by atoms with Crippen LogP contribution in [0.4, 0.5) is 20.2 Å². The lowest BCUT2D eigenvalue weighted by Gasteiger charge is -2.26. The highest BCUT2D eigenvalue weighted by molar-refractivity contribution is 8.00. The maximum atomic E-state index is 14.4. The molecular weight excluding hydrogens is 422 g/mol. The lowest BCUT2D eigenvalue weighted by Crippen LogP contribution is -2.29. The lowest BCUT2D eigenvalue weighted by molar-refractivity contribution is -0.118. The number of nitrogens with zero attached hydrogens (tertiary/aromatic N) is 1. The van der Waals surface area contributed by atoms with Gasteiger partial charge in [0.05, 0.1) is 11.4 Å². The second-order valence-electron chi connectivity index (χ2n) is 6.76. The van der Waals surface area contributed by atoms with E-state index >= 15 is 0 Å². The van der Waals surface area contributed by atoms with Gasteiger partial charge < -0.3 is 10.1 Å². The van der Waals surface area contributed by atoms with Gasteiger partial charge in [0.15, 0.2) is 6.61 Å². The third-order valence-electron chi connectivity index (χ3n) is 4.65. The average molecular weight is 440 g/mol. The molecule has 3 aromatic carbocycles. The van der Waals surface area contributed by atoms with Gasteiger partial charge in [0.1, 0.15) is 22.8 Å². The fourth-order valence-corrected chi connectivity index (χ4v) is 4.47. The van der Waals surface area contributed by atoms with E-state index in [0.717, 1.165) is 12.1 Å². The number of halogens is 2. The number of carbonyl (C=O) groups is 2. The zero-order chi connectivity index (χ0) is 21.8. The number of amides is 2. The molecule has 158 valence electrons. The van der Waals surface area contributed by atoms with Gasteiger partial charge in [0.2, 0.25) is 5.91 Å². The van der Waals surface area contributed by atoms with E-state index in [1.165, 1.54) is 22.7 Å².